The van der Waals surface area contributed by atoms with Crippen molar-refractivity contribution in [1.29, 1.82) is 0 Å². The van der Waals surface area contributed by atoms with Crippen LogP contribution in [0.3, 0.4) is 0 Å². The van der Waals surface area contributed by atoms with Crippen LogP contribution in [0.4, 0.5) is 4.79 Å². The number of benzene rings is 1. The summed E-state index contributed by atoms with van der Waals surface area (Å²) < 4.78 is 6.57. The van der Waals surface area contributed by atoms with Crippen molar-refractivity contribution in [2.24, 2.45) is 0 Å². The number of carboxylic acid groups (broad SMARTS) is 1. The summed E-state index contributed by atoms with van der Waals surface area (Å²) >= 11 is 0. The van der Waals surface area contributed by atoms with Crippen LogP contribution in [-0.2, 0) is 13.0 Å². The number of carbonyl (C=O) groups is 1. The van der Waals surface area contributed by atoms with Crippen molar-refractivity contribution in [2.75, 3.05) is 13.7 Å². The molecule has 0 spiro atoms. The van der Waals surface area contributed by atoms with Crippen molar-refractivity contribution in [3.8, 4) is 5.75 Å². The molecule has 118 valence electrons. The van der Waals surface area contributed by atoms with E-state index in [0.717, 1.165) is 11.3 Å². The minimum Gasteiger partial charge on any atom is -0.497 e. The number of amides is 1. The van der Waals surface area contributed by atoms with E-state index in [1.807, 2.05) is 24.3 Å². The van der Waals surface area contributed by atoms with Crippen LogP contribution in [0, 0.1) is 0 Å². The van der Waals surface area contributed by atoms with E-state index >= 15 is 0 Å². The Morgan fingerprint density at radius 1 is 1.41 bits per heavy atom. The molecule has 1 amide bonds. The van der Waals surface area contributed by atoms with Crippen LogP contribution in [0.5, 0.6) is 5.75 Å². The fourth-order valence-corrected chi connectivity index (χ4v) is 2.06. The van der Waals surface area contributed by atoms with E-state index in [1.54, 1.807) is 13.3 Å². The third kappa shape index (κ3) is 4.19. The SMILES string of the molecule is COc1ccc(C[C@H](NC(=O)O)c2cn(CCO)nn2)cc1. The van der Waals surface area contributed by atoms with Gasteiger partial charge in [-0.05, 0) is 24.1 Å². The van der Waals surface area contributed by atoms with E-state index in [9.17, 15) is 4.79 Å². The average molecular weight is 306 g/mol. The molecule has 0 radical (unpaired) electrons. The number of methoxy groups -OCH3 is 1. The highest BCUT2D eigenvalue weighted by atomic mass is 16.5. The second-order valence-corrected chi connectivity index (χ2v) is 4.68. The van der Waals surface area contributed by atoms with Gasteiger partial charge in [-0.15, -0.1) is 5.10 Å². The first-order valence-electron chi connectivity index (χ1n) is 6.75. The van der Waals surface area contributed by atoms with Gasteiger partial charge in [0, 0.05) is 0 Å². The third-order valence-corrected chi connectivity index (χ3v) is 3.14. The summed E-state index contributed by atoms with van der Waals surface area (Å²) in [6.07, 6.45) is 0.935. The third-order valence-electron chi connectivity index (χ3n) is 3.14. The molecular formula is C14H18N4O4. The molecular weight excluding hydrogens is 288 g/mol. The lowest BCUT2D eigenvalue weighted by atomic mass is 10.0. The molecule has 0 fully saturated rings. The first-order valence-corrected chi connectivity index (χ1v) is 6.75. The number of rotatable bonds is 7. The highest BCUT2D eigenvalue weighted by molar-refractivity contribution is 5.65. The molecule has 0 aliphatic carbocycles. The topological polar surface area (TPSA) is 110 Å². The van der Waals surface area contributed by atoms with Crippen LogP contribution in [-0.4, -0.2) is 45.0 Å². The summed E-state index contributed by atoms with van der Waals surface area (Å²) in [5.74, 6) is 0.736. The van der Waals surface area contributed by atoms with Gasteiger partial charge in [-0.2, -0.15) is 0 Å². The Bertz CT molecular complexity index is 612. The van der Waals surface area contributed by atoms with Crippen LogP contribution in [0.15, 0.2) is 30.5 Å². The Morgan fingerprint density at radius 2 is 2.14 bits per heavy atom. The molecule has 0 aliphatic heterocycles. The van der Waals surface area contributed by atoms with Crippen LogP contribution in [0.2, 0.25) is 0 Å². The highest BCUT2D eigenvalue weighted by Crippen LogP contribution is 2.19. The number of nitrogens with one attached hydrogen (secondary N) is 1. The summed E-state index contributed by atoms with van der Waals surface area (Å²) in [6.45, 7) is 0.258. The molecule has 0 saturated heterocycles. The van der Waals surface area contributed by atoms with Gasteiger partial charge in [0.1, 0.15) is 11.4 Å². The molecule has 2 aromatic rings. The summed E-state index contributed by atoms with van der Waals surface area (Å²) in [7, 11) is 1.59. The smallest absolute Gasteiger partial charge is 0.405 e. The second kappa shape index (κ2) is 7.41. The van der Waals surface area contributed by atoms with E-state index < -0.39 is 12.1 Å². The van der Waals surface area contributed by atoms with E-state index in [1.165, 1.54) is 4.68 Å². The van der Waals surface area contributed by atoms with E-state index in [-0.39, 0.29) is 6.61 Å². The predicted octanol–water partition coefficient (Wildman–Crippen LogP) is 0.830. The minimum absolute atomic E-state index is 0.0572. The molecule has 0 saturated carbocycles. The van der Waals surface area contributed by atoms with Gasteiger partial charge in [0.2, 0.25) is 0 Å². The lowest BCUT2D eigenvalue weighted by Gasteiger charge is -2.14. The Morgan fingerprint density at radius 3 is 2.73 bits per heavy atom. The molecule has 1 aromatic heterocycles. The predicted molar refractivity (Wildman–Crippen MR) is 77.7 cm³/mol. The fourth-order valence-electron chi connectivity index (χ4n) is 2.06. The highest BCUT2D eigenvalue weighted by Gasteiger charge is 2.18. The molecule has 2 rings (SSSR count). The van der Waals surface area contributed by atoms with Gasteiger partial charge < -0.3 is 20.3 Å². The second-order valence-electron chi connectivity index (χ2n) is 4.68. The van der Waals surface area contributed by atoms with Crippen molar-refractivity contribution >= 4 is 6.09 Å². The largest absolute Gasteiger partial charge is 0.497 e. The normalized spacial score (nSPS) is 11.9. The zero-order valence-electron chi connectivity index (χ0n) is 12.1. The zero-order chi connectivity index (χ0) is 15.9. The Balaban J connectivity index is 2.15. The number of hydrogen-bond acceptors (Lipinski definition) is 5. The quantitative estimate of drug-likeness (QED) is 0.699. The molecule has 8 heteroatoms. The van der Waals surface area contributed by atoms with Crippen molar-refractivity contribution in [1.82, 2.24) is 20.3 Å². The maximum absolute atomic E-state index is 11.0. The molecule has 1 heterocycles. The van der Waals surface area contributed by atoms with Gasteiger partial charge in [-0.3, -0.25) is 0 Å². The van der Waals surface area contributed by atoms with E-state index in [4.69, 9.17) is 14.9 Å². The molecule has 3 N–H and O–H groups in total. The van der Waals surface area contributed by atoms with Gasteiger partial charge in [-0.25, -0.2) is 9.48 Å². The summed E-state index contributed by atoms with van der Waals surface area (Å²) in [5.41, 5.74) is 1.45. The average Bonchev–Trinajstić information content (AvgIpc) is 2.96. The van der Waals surface area contributed by atoms with Crippen molar-refractivity contribution < 1.29 is 19.7 Å². The number of ether oxygens (including phenoxy) is 1. The number of aliphatic hydroxyl groups excluding tert-OH is 1. The molecule has 1 atom stereocenters. The minimum atomic E-state index is -1.13. The number of hydrogen-bond donors (Lipinski definition) is 3. The van der Waals surface area contributed by atoms with Crippen molar-refractivity contribution in [3.05, 3.63) is 41.7 Å². The van der Waals surface area contributed by atoms with E-state index in [0.29, 0.717) is 18.7 Å². The zero-order valence-corrected chi connectivity index (χ0v) is 12.1. The molecule has 22 heavy (non-hydrogen) atoms. The summed E-state index contributed by atoms with van der Waals surface area (Å²) in [4.78, 5) is 11.0. The van der Waals surface area contributed by atoms with Crippen molar-refractivity contribution in [3.63, 3.8) is 0 Å². The summed E-state index contributed by atoms with van der Waals surface area (Å²) in [6, 6.07) is 6.85. The van der Waals surface area contributed by atoms with E-state index in [2.05, 4.69) is 15.6 Å². The Labute approximate surface area is 127 Å². The lowest BCUT2D eigenvalue weighted by molar-refractivity contribution is 0.189. The summed E-state index contributed by atoms with van der Waals surface area (Å²) in [5, 5.41) is 28.1. The standard InChI is InChI=1S/C14H18N4O4/c1-22-11-4-2-10(3-5-11)8-12(15-14(20)21)13-9-18(6-7-19)17-16-13/h2-5,9,12,15,19H,6-8H2,1H3,(H,20,21)/t12-/m0/s1. The van der Waals surface area contributed by atoms with Crippen LogP contribution in [0.25, 0.3) is 0 Å². The first kappa shape index (κ1) is 15.8. The molecule has 8 nitrogen and oxygen atoms in total. The number of nitrogens with zero attached hydrogens (tertiary/aromatic N) is 3. The van der Waals surface area contributed by atoms with Gasteiger partial charge in [0.15, 0.2) is 0 Å². The van der Waals surface area contributed by atoms with Gasteiger partial charge in [0.25, 0.3) is 0 Å². The van der Waals surface area contributed by atoms with Gasteiger partial charge in [-0.1, -0.05) is 17.3 Å². The molecule has 1 aromatic carbocycles. The maximum Gasteiger partial charge on any atom is 0.405 e. The fraction of sp³-hybridized carbons (Fsp3) is 0.357. The maximum atomic E-state index is 11.0. The van der Waals surface area contributed by atoms with Gasteiger partial charge >= 0.3 is 6.09 Å². The van der Waals surface area contributed by atoms with Crippen LogP contribution >= 0.6 is 0 Å². The van der Waals surface area contributed by atoms with Gasteiger partial charge in [0.05, 0.1) is 32.5 Å². The number of aromatic nitrogens is 3. The lowest BCUT2D eigenvalue weighted by Crippen LogP contribution is -2.28. The molecule has 0 aliphatic rings. The Kier molecular flexibility index (Phi) is 5.31. The Hall–Kier alpha value is -2.61. The van der Waals surface area contributed by atoms with Crippen LogP contribution < -0.4 is 10.1 Å². The number of aliphatic hydroxyl groups is 1. The first-order chi connectivity index (χ1) is 10.6. The van der Waals surface area contributed by atoms with Crippen LogP contribution in [0.1, 0.15) is 17.3 Å². The monoisotopic (exact) mass is 306 g/mol. The van der Waals surface area contributed by atoms with Crippen molar-refractivity contribution in [2.45, 2.75) is 19.0 Å². The molecule has 0 unspecified atom stereocenters. The molecule has 0 bridgehead atoms.